The van der Waals surface area contributed by atoms with Gasteiger partial charge in [-0.05, 0) is 31.4 Å². The van der Waals surface area contributed by atoms with Crippen LogP contribution < -0.4 is 10.6 Å². The minimum Gasteiger partial charge on any atom is -0.366 e. The number of anilines is 2. The molecule has 1 atom stereocenters. The zero-order valence-corrected chi connectivity index (χ0v) is 13.8. The molecule has 7 heteroatoms. The van der Waals surface area contributed by atoms with Gasteiger partial charge in [0.1, 0.15) is 5.82 Å². The van der Waals surface area contributed by atoms with E-state index in [-0.39, 0.29) is 29.4 Å². The first-order chi connectivity index (χ1) is 10.4. The summed E-state index contributed by atoms with van der Waals surface area (Å²) in [7, 11) is -2.90. The highest BCUT2D eigenvalue weighted by atomic mass is 32.2. The normalized spacial score (nSPS) is 20.0. The summed E-state index contributed by atoms with van der Waals surface area (Å²) in [5.41, 5.74) is 0.654. The number of hydrogen-bond acceptors (Lipinski definition) is 5. The molecule has 6 nitrogen and oxygen atoms in total. The molecule has 1 fully saturated rings. The predicted octanol–water partition coefficient (Wildman–Crippen LogP) is 2.06. The van der Waals surface area contributed by atoms with Crippen LogP contribution in [0.1, 0.15) is 33.1 Å². The van der Waals surface area contributed by atoms with Crippen molar-refractivity contribution in [2.45, 2.75) is 39.2 Å². The second-order valence-electron chi connectivity index (χ2n) is 5.68. The lowest BCUT2D eigenvalue weighted by molar-refractivity contribution is -0.120. The molecule has 0 aliphatic carbocycles. The molecule has 22 heavy (non-hydrogen) atoms. The predicted molar refractivity (Wildman–Crippen MR) is 87.6 cm³/mol. The first kappa shape index (κ1) is 16.7. The fourth-order valence-electron chi connectivity index (χ4n) is 2.57. The molecule has 2 N–H and O–H groups in total. The van der Waals surface area contributed by atoms with Gasteiger partial charge in [-0.1, -0.05) is 13.8 Å². The van der Waals surface area contributed by atoms with Crippen LogP contribution in [-0.4, -0.2) is 36.9 Å². The van der Waals surface area contributed by atoms with Gasteiger partial charge in [-0.15, -0.1) is 0 Å². The number of nitrogens with one attached hydrogen (secondary N) is 2. The molecule has 1 saturated heterocycles. The largest absolute Gasteiger partial charge is 0.366 e. The number of sulfone groups is 1. The standard InChI is InChI=1S/C15H23N3O3S/c1-3-11(4-2)15(19)18-12-5-6-14(16-9-12)17-13-7-8-22(20,21)10-13/h5-6,9,11,13H,3-4,7-8,10H2,1-2H3,(H,16,17)(H,18,19). The van der Waals surface area contributed by atoms with E-state index in [9.17, 15) is 13.2 Å². The molecule has 2 rings (SSSR count). The van der Waals surface area contributed by atoms with E-state index in [1.54, 1.807) is 18.3 Å². The fourth-order valence-corrected chi connectivity index (χ4v) is 4.25. The highest BCUT2D eigenvalue weighted by Crippen LogP contribution is 2.18. The Bertz CT molecular complexity index is 609. The smallest absolute Gasteiger partial charge is 0.227 e. The van der Waals surface area contributed by atoms with Crippen molar-refractivity contribution in [1.82, 2.24) is 4.98 Å². The summed E-state index contributed by atoms with van der Waals surface area (Å²) in [6.07, 6.45) is 3.82. The molecular weight excluding hydrogens is 302 g/mol. The quantitative estimate of drug-likeness (QED) is 0.836. The van der Waals surface area contributed by atoms with Crippen LogP contribution in [0.4, 0.5) is 11.5 Å². The van der Waals surface area contributed by atoms with Crippen molar-refractivity contribution >= 4 is 27.2 Å². The molecule has 122 valence electrons. The Labute approximate surface area is 131 Å². The summed E-state index contributed by atoms with van der Waals surface area (Å²) < 4.78 is 22.8. The summed E-state index contributed by atoms with van der Waals surface area (Å²) in [6.45, 7) is 3.99. The second kappa shape index (κ2) is 7.09. The molecule has 0 aromatic carbocycles. The third kappa shape index (κ3) is 4.43. The zero-order chi connectivity index (χ0) is 16.2. The first-order valence-electron chi connectivity index (χ1n) is 7.67. The molecule has 1 aliphatic rings. The second-order valence-corrected chi connectivity index (χ2v) is 7.91. The Morgan fingerprint density at radius 2 is 2.09 bits per heavy atom. The van der Waals surface area contributed by atoms with Crippen LogP contribution in [-0.2, 0) is 14.6 Å². The van der Waals surface area contributed by atoms with Crippen LogP contribution in [0.2, 0.25) is 0 Å². The maximum Gasteiger partial charge on any atom is 0.227 e. The third-order valence-corrected chi connectivity index (χ3v) is 5.74. The van der Waals surface area contributed by atoms with Gasteiger partial charge in [0.15, 0.2) is 9.84 Å². The van der Waals surface area contributed by atoms with Gasteiger partial charge >= 0.3 is 0 Å². The van der Waals surface area contributed by atoms with Gasteiger partial charge in [0, 0.05) is 12.0 Å². The topological polar surface area (TPSA) is 88.2 Å². The monoisotopic (exact) mass is 325 g/mol. The van der Waals surface area contributed by atoms with Crippen LogP contribution >= 0.6 is 0 Å². The van der Waals surface area contributed by atoms with Crippen molar-refractivity contribution < 1.29 is 13.2 Å². The Hall–Kier alpha value is -1.63. The van der Waals surface area contributed by atoms with Crippen LogP contribution in [0.15, 0.2) is 18.3 Å². The van der Waals surface area contributed by atoms with Gasteiger partial charge in [-0.2, -0.15) is 0 Å². The molecule has 1 aromatic rings. The average Bonchev–Trinajstić information content (AvgIpc) is 2.81. The Morgan fingerprint density at radius 3 is 2.59 bits per heavy atom. The van der Waals surface area contributed by atoms with E-state index >= 15 is 0 Å². The maximum absolute atomic E-state index is 12.0. The first-order valence-corrected chi connectivity index (χ1v) is 9.49. The van der Waals surface area contributed by atoms with Crippen molar-refractivity contribution in [3.05, 3.63) is 18.3 Å². The van der Waals surface area contributed by atoms with Gasteiger partial charge in [-0.25, -0.2) is 13.4 Å². The maximum atomic E-state index is 12.0. The number of hydrogen-bond donors (Lipinski definition) is 2. The SMILES string of the molecule is CCC(CC)C(=O)Nc1ccc(NC2CCS(=O)(=O)C2)nc1. The van der Waals surface area contributed by atoms with Crippen LogP contribution in [0.5, 0.6) is 0 Å². The van der Waals surface area contributed by atoms with Gasteiger partial charge in [-0.3, -0.25) is 4.79 Å². The van der Waals surface area contributed by atoms with Crippen LogP contribution in [0.25, 0.3) is 0 Å². The molecule has 1 amide bonds. The molecule has 1 aromatic heterocycles. The van der Waals surface area contributed by atoms with Crippen LogP contribution in [0, 0.1) is 5.92 Å². The number of pyridine rings is 1. The van der Waals surface area contributed by atoms with E-state index in [1.807, 2.05) is 13.8 Å². The average molecular weight is 325 g/mol. The summed E-state index contributed by atoms with van der Waals surface area (Å²) in [5.74, 6) is 1.04. The van der Waals surface area contributed by atoms with Crippen molar-refractivity contribution in [3.8, 4) is 0 Å². The molecule has 0 spiro atoms. The van der Waals surface area contributed by atoms with E-state index < -0.39 is 9.84 Å². The van der Waals surface area contributed by atoms with Gasteiger partial charge in [0.2, 0.25) is 5.91 Å². The molecule has 0 saturated carbocycles. The molecule has 0 radical (unpaired) electrons. The summed E-state index contributed by atoms with van der Waals surface area (Å²) in [6, 6.07) is 3.45. The highest BCUT2D eigenvalue weighted by molar-refractivity contribution is 7.91. The Kier molecular flexibility index (Phi) is 5.39. The van der Waals surface area contributed by atoms with E-state index in [4.69, 9.17) is 0 Å². The molecule has 1 unspecified atom stereocenters. The Balaban J connectivity index is 1.92. The lowest BCUT2D eigenvalue weighted by atomic mass is 10.0. The van der Waals surface area contributed by atoms with Gasteiger partial charge in [0.05, 0.1) is 23.4 Å². The number of nitrogens with zero attached hydrogens (tertiary/aromatic N) is 1. The minimum absolute atomic E-state index is 0.00870. The van der Waals surface area contributed by atoms with E-state index in [1.165, 1.54) is 0 Å². The molecular formula is C15H23N3O3S. The molecule has 1 aliphatic heterocycles. The number of amides is 1. The van der Waals surface area contributed by atoms with Crippen molar-refractivity contribution in [3.63, 3.8) is 0 Å². The highest BCUT2D eigenvalue weighted by Gasteiger charge is 2.27. The summed E-state index contributed by atoms with van der Waals surface area (Å²) in [4.78, 5) is 16.2. The lowest BCUT2D eigenvalue weighted by Gasteiger charge is -2.14. The zero-order valence-electron chi connectivity index (χ0n) is 13.0. The Morgan fingerprint density at radius 1 is 1.36 bits per heavy atom. The lowest BCUT2D eigenvalue weighted by Crippen LogP contribution is -2.22. The van der Waals surface area contributed by atoms with Crippen molar-refractivity contribution in [2.24, 2.45) is 5.92 Å². The number of rotatable bonds is 6. The minimum atomic E-state index is -2.90. The van der Waals surface area contributed by atoms with Crippen LogP contribution in [0.3, 0.4) is 0 Å². The fraction of sp³-hybridized carbons (Fsp3) is 0.600. The number of carbonyl (C=O) groups excluding carboxylic acids is 1. The van der Waals surface area contributed by atoms with E-state index in [0.29, 0.717) is 17.9 Å². The molecule has 0 bridgehead atoms. The van der Waals surface area contributed by atoms with Gasteiger partial charge in [0.25, 0.3) is 0 Å². The van der Waals surface area contributed by atoms with Gasteiger partial charge < -0.3 is 10.6 Å². The number of carbonyl (C=O) groups is 1. The number of aromatic nitrogens is 1. The summed E-state index contributed by atoms with van der Waals surface area (Å²) >= 11 is 0. The van der Waals surface area contributed by atoms with Crippen molar-refractivity contribution in [2.75, 3.05) is 22.1 Å². The van der Waals surface area contributed by atoms with E-state index in [2.05, 4.69) is 15.6 Å². The van der Waals surface area contributed by atoms with E-state index in [0.717, 1.165) is 12.8 Å². The van der Waals surface area contributed by atoms with Crippen molar-refractivity contribution in [1.29, 1.82) is 0 Å². The molecule has 2 heterocycles. The summed E-state index contributed by atoms with van der Waals surface area (Å²) in [5, 5.41) is 5.97. The third-order valence-electron chi connectivity index (χ3n) is 3.97.